The zero-order valence-corrected chi connectivity index (χ0v) is 15.6. The van der Waals surface area contributed by atoms with Crippen LogP contribution in [0.1, 0.15) is 32.7 Å². The summed E-state index contributed by atoms with van der Waals surface area (Å²) in [6, 6.07) is 18.2. The number of benzene rings is 2. The molecule has 1 aliphatic heterocycles. The molecule has 1 aromatic heterocycles. The third-order valence-corrected chi connectivity index (χ3v) is 4.77. The maximum atomic E-state index is 12.4. The van der Waals surface area contributed by atoms with Gasteiger partial charge in [0, 0.05) is 6.07 Å². The molecule has 2 aromatic carbocycles. The first-order valence-corrected chi connectivity index (χ1v) is 9.23. The molecule has 0 aliphatic carbocycles. The fraction of sp³-hybridized carbons (Fsp3) is 0.136. The highest BCUT2D eigenvalue weighted by Crippen LogP contribution is 2.24. The Bertz CT molecular complexity index is 1140. The zero-order chi connectivity index (χ0) is 20.4. The molecular formula is C22H19N3O4. The highest BCUT2D eigenvalue weighted by molar-refractivity contribution is 6.23. The van der Waals surface area contributed by atoms with Crippen molar-refractivity contribution in [2.75, 3.05) is 12.3 Å². The molecule has 0 radical (unpaired) electrons. The molecule has 0 saturated carbocycles. The second kappa shape index (κ2) is 7.63. The molecule has 3 N–H and O–H groups in total. The molecule has 0 spiro atoms. The molecule has 29 heavy (non-hydrogen) atoms. The summed E-state index contributed by atoms with van der Waals surface area (Å²) in [7, 11) is 0. The largest absolute Gasteiger partial charge is 0.494 e. The standard InChI is InChI=1S/C22H19N3O4/c23-20-19-17(21(27)24-22(19)28)13-18(26)25(20)15-8-10-16(11-9-15)29-12-4-7-14-5-2-1-3-6-14/h1-3,5-6,8-11,13H,4,7,12,23H2,(H,24,27,28). The van der Waals surface area contributed by atoms with Gasteiger partial charge >= 0.3 is 0 Å². The molecule has 146 valence electrons. The van der Waals surface area contributed by atoms with Crippen molar-refractivity contribution in [3.8, 4) is 11.4 Å². The third-order valence-electron chi connectivity index (χ3n) is 4.77. The van der Waals surface area contributed by atoms with Crippen LogP contribution in [-0.2, 0) is 6.42 Å². The number of nitrogens with zero attached hydrogens (tertiary/aromatic N) is 1. The Hall–Kier alpha value is -3.87. The number of hydrogen-bond acceptors (Lipinski definition) is 5. The Morgan fingerprint density at radius 3 is 2.38 bits per heavy atom. The molecule has 7 heteroatoms. The molecule has 0 saturated heterocycles. The molecule has 2 heterocycles. The van der Waals surface area contributed by atoms with E-state index in [-0.39, 0.29) is 16.9 Å². The van der Waals surface area contributed by atoms with Crippen LogP contribution in [0.2, 0.25) is 0 Å². The lowest BCUT2D eigenvalue weighted by Crippen LogP contribution is -2.24. The van der Waals surface area contributed by atoms with Gasteiger partial charge in [-0.25, -0.2) is 0 Å². The summed E-state index contributed by atoms with van der Waals surface area (Å²) in [5.41, 5.74) is 7.33. The number of nitrogen functional groups attached to an aromatic ring is 1. The van der Waals surface area contributed by atoms with Gasteiger partial charge in [0.05, 0.1) is 23.4 Å². The molecule has 4 rings (SSSR count). The van der Waals surface area contributed by atoms with E-state index in [0.29, 0.717) is 18.0 Å². The molecule has 2 amide bonds. The van der Waals surface area contributed by atoms with Crippen molar-refractivity contribution in [3.63, 3.8) is 0 Å². The van der Waals surface area contributed by atoms with Crippen LogP contribution in [0.4, 0.5) is 5.82 Å². The predicted molar refractivity (Wildman–Crippen MR) is 109 cm³/mol. The van der Waals surface area contributed by atoms with Gasteiger partial charge in [-0.05, 0) is 42.7 Å². The lowest BCUT2D eigenvalue weighted by atomic mass is 10.1. The number of aromatic nitrogens is 1. The maximum absolute atomic E-state index is 12.4. The second-order valence-corrected chi connectivity index (χ2v) is 6.71. The van der Waals surface area contributed by atoms with E-state index in [0.717, 1.165) is 18.9 Å². The maximum Gasteiger partial charge on any atom is 0.262 e. The number of anilines is 1. The van der Waals surface area contributed by atoms with E-state index in [1.165, 1.54) is 10.1 Å². The van der Waals surface area contributed by atoms with E-state index < -0.39 is 17.4 Å². The Kier molecular flexibility index (Phi) is 4.87. The average molecular weight is 389 g/mol. The minimum Gasteiger partial charge on any atom is -0.494 e. The lowest BCUT2D eigenvalue weighted by molar-refractivity contribution is 0.0880. The molecule has 1 aliphatic rings. The van der Waals surface area contributed by atoms with Crippen molar-refractivity contribution in [2.45, 2.75) is 12.8 Å². The first-order chi connectivity index (χ1) is 14.0. The Morgan fingerprint density at radius 2 is 1.66 bits per heavy atom. The summed E-state index contributed by atoms with van der Waals surface area (Å²) in [6.07, 6.45) is 1.81. The van der Waals surface area contributed by atoms with Crippen molar-refractivity contribution in [3.05, 3.63) is 87.7 Å². The molecule has 0 atom stereocenters. The molecule has 3 aromatic rings. The smallest absolute Gasteiger partial charge is 0.262 e. The number of nitrogens with one attached hydrogen (secondary N) is 1. The van der Waals surface area contributed by atoms with Gasteiger partial charge < -0.3 is 10.5 Å². The van der Waals surface area contributed by atoms with E-state index in [4.69, 9.17) is 10.5 Å². The highest BCUT2D eigenvalue weighted by Gasteiger charge is 2.31. The number of carbonyl (C=O) groups excluding carboxylic acids is 2. The number of rotatable bonds is 6. The first-order valence-electron chi connectivity index (χ1n) is 9.23. The van der Waals surface area contributed by atoms with E-state index in [9.17, 15) is 14.4 Å². The number of hydrogen-bond donors (Lipinski definition) is 2. The van der Waals surface area contributed by atoms with Crippen LogP contribution in [0.25, 0.3) is 5.69 Å². The number of aryl methyl sites for hydroxylation is 1. The van der Waals surface area contributed by atoms with Crippen molar-refractivity contribution >= 4 is 17.6 Å². The lowest BCUT2D eigenvalue weighted by Gasteiger charge is -2.13. The fourth-order valence-corrected chi connectivity index (χ4v) is 3.35. The summed E-state index contributed by atoms with van der Waals surface area (Å²) >= 11 is 0. The Balaban J connectivity index is 1.47. The molecule has 7 nitrogen and oxygen atoms in total. The normalized spacial score (nSPS) is 12.6. The van der Waals surface area contributed by atoms with Gasteiger partial charge in [-0.1, -0.05) is 30.3 Å². The summed E-state index contributed by atoms with van der Waals surface area (Å²) in [5.74, 6) is -0.607. The SMILES string of the molecule is Nc1c2c(cc(=O)n1-c1ccc(OCCCc3ccccc3)cc1)C(=O)NC2=O. The first kappa shape index (κ1) is 18.5. The van der Waals surface area contributed by atoms with Gasteiger partial charge in [0.15, 0.2) is 0 Å². The van der Waals surface area contributed by atoms with Crippen molar-refractivity contribution in [2.24, 2.45) is 0 Å². The molecule has 0 unspecified atom stereocenters. The third kappa shape index (κ3) is 3.62. The fourth-order valence-electron chi connectivity index (χ4n) is 3.35. The number of fused-ring (bicyclic) bond motifs is 1. The number of pyridine rings is 1. The topological polar surface area (TPSA) is 103 Å². The molecule has 0 fully saturated rings. The van der Waals surface area contributed by atoms with Crippen LogP contribution in [0.3, 0.4) is 0 Å². The summed E-state index contributed by atoms with van der Waals surface area (Å²) in [4.78, 5) is 36.1. The van der Waals surface area contributed by atoms with Crippen molar-refractivity contribution < 1.29 is 14.3 Å². The van der Waals surface area contributed by atoms with Crippen LogP contribution in [0, 0.1) is 0 Å². The van der Waals surface area contributed by atoms with E-state index >= 15 is 0 Å². The van der Waals surface area contributed by atoms with Crippen LogP contribution in [-0.4, -0.2) is 23.0 Å². The van der Waals surface area contributed by atoms with E-state index in [1.807, 2.05) is 18.2 Å². The van der Waals surface area contributed by atoms with Gasteiger partial charge in [-0.3, -0.25) is 24.3 Å². The van der Waals surface area contributed by atoms with Crippen molar-refractivity contribution in [1.29, 1.82) is 0 Å². The number of ether oxygens (including phenoxy) is 1. The van der Waals surface area contributed by atoms with Gasteiger partial charge in [0.1, 0.15) is 11.6 Å². The van der Waals surface area contributed by atoms with Gasteiger partial charge in [0.25, 0.3) is 17.4 Å². The molecule has 0 bridgehead atoms. The quantitative estimate of drug-likeness (QED) is 0.497. The summed E-state index contributed by atoms with van der Waals surface area (Å²) in [6.45, 7) is 0.567. The number of carbonyl (C=O) groups is 2. The van der Waals surface area contributed by atoms with Crippen LogP contribution in [0.5, 0.6) is 5.75 Å². The van der Waals surface area contributed by atoms with Gasteiger partial charge in [-0.2, -0.15) is 0 Å². The zero-order valence-electron chi connectivity index (χ0n) is 15.6. The minimum atomic E-state index is -0.611. The van der Waals surface area contributed by atoms with Gasteiger partial charge in [0.2, 0.25) is 0 Å². The van der Waals surface area contributed by atoms with Crippen molar-refractivity contribution in [1.82, 2.24) is 9.88 Å². The van der Waals surface area contributed by atoms with E-state index in [1.54, 1.807) is 24.3 Å². The Labute approximate surface area is 166 Å². The highest BCUT2D eigenvalue weighted by atomic mass is 16.5. The monoisotopic (exact) mass is 389 g/mol. The number of amides is 2. The second-order valence-electron chi connectivity index (χ2n) is 6.71. The van der Waals surface area contributed by atoms with Crippen LogP contribution >= 0.6 is 0 Å². The van der Waals surface area contributed by atoms with Crippen LogP contribution in [0.15, 0.2) is 65.5 Å². The van der Waals surface area contributed by atoms with Gasteiger partial charge in [-0.15, -0.1) is 0 Å². The molecular weight excluding hydrogens is 370 g/mol. The summed E-state index contributed by atoms with van der Waals surface area (Å²) < 4.78 is 6.96. The minimum absolute atomic E-state index is 0.00659. The predicted octanol–water partition coefficient (Wildman–Crippen LogP) is 2.31. The van der Waals surface area contributed by atoms with E-state index in [2.05, 4.69) is 17.4 Å². The number of nitrogens with two attached hydrogens (primary N) is 1. The van der Waals surface area contributed by atoms with Crippen LogP contribution < -0.4 is 21.3 Å². The summed E-state index contributed by atoms with van der Waals surface area (Å²) in [5, 5.41) is 2.15. The Morgan fingerprint density at radius 1 is 0.931 bits per heavy atom. The average Bonchev–Trinajstić information content (AvgIpc) is 3.00. The number of imide groups is 1.